The molecule has 0 atom stereocenters. The third-order valence-electron chi connectivity index (χ3n) is 4.37. The molecule has 1 aliphatic rings. The molecule has 0 bridgehead atoms. The SMILES string of the molecule is CN1CCN(c2ccc(NC(=O)c3ccnc(NC(C)(C)C)n3)cc2)CC1. The molecular formula is C20H28N6O. The quantitative estimate of drug-likeness (QED) is 0.864. The Hall–Kier alpha value is -2.67. The molecule has 27 heavy (non-hydrogen) atoms. The van der Waals surface area contributed by atoms with Crippen LogP contribution in [-0.2, 0) is 0 Å². The molecule has 1 aromatic heterocycles. The van der Waals surface area contributed by atoms with E-state index in [0.717, 1.165) is 31.9 Å². The van der Waals surface area contributed by atoms with E-state index in [1.54, 1.807) is 12.3 Å². The van der Waals surface area contributed by atoms with Gasteiger partial charge >= 0.3 is 0 Å². The Labute approximate surface area is 160 Å². The minimum Gasteiger partial charge on any atom is -0.369 e. The number of hydrogen-bond donors (Lipinski definition) is 2. The number of aromatic nitrogens is 2. The van der Waals surface area contributed by atoms with Crippen molar-refractivity contribution in [2.75, 3.05) is 48.8 Å². The molecule has 7 nitrogen and oxygen atoms in total. The van der Waals surface area contributed by atoms with Crippen LogP contribution >= 0.6 is 0 Å². The van der Waals surface area contributed by atoms with Crippen molar-refractivity contribution in [3.05, 3.63) is 42.2 Å². The van der Waals surface area contributed by atoms with Crippen LogP contribution in [0.3, 0.4) is 0 Å². The van der Waals surface area contributed by atoms with Gasteiger partial charge in [-0.15, -0.1) is 0 Å². The molecule has 1 fully saturated rings. The fraction of sp³-hybridized carbons (Fsp3) is 0.450. The summed E-state index contributed by atoms with van der Waals surface area (Å²) in [6, 6.07) is 9.57. The summed E-state index contributed by atoms with van der Waals surface area (Å²) in [7, 11) is 2.14. The van der Waals surface area contributed by atoms with Crippen molar-refractivity contribution in [2.45, 2.75) is 26.3 Å². The second kappa shape index (κ2) is 7.92. The zero-order chi connectivity index (χ0) is 19.4. The van der Waals surface area contributed by atoms with Crippen LogP contribution in [0.1, 0.15) is 31.3 Å². The number of piperazine rings is 1. The second-order valence-corrected chi connectivity index (χ2v) is 7.93. The van der Waals surface area contributed by atoms with Crippen molar-refractivity contribution < 1.29 is 4.79 Å². The summed E-state index contributed by atoms with van der Waals surface area (Å²) in [6.07, 6.45) is 1.59. The van der Waals surface area contributed by atoms with Crippen molar-refractivity contribution in [2.24, 2.45) is 0 Å². The first-order chi connectivity index (χ1) is 12.8. The average molecular weight is 368 g/mol. The Morgan fingerprint density at radius 3 is 2.33 bits per heavy atom. The first-order valence-corrected chi connectivity index (χ1v) is 9.26. The molecule has 0 radical (unpaired) electrons. The Morgan fingerprint density at radius 1 is 1.04 bits per heavy atom. The molecular weight excluding hydrogens is 340 g/mol. The smallest absolute Gasteiger partial charge is 0.274 e. The fourth-order valence-corrected chi connectivity index (χ4v) is 2.90. The highest BCUT2D eigenvalue weighted by molar-refractivity contribution is 6.03. The predicted octanol–water partition coefficient (Wildman–Crippen LogP) is 2.69. The minimum absolute atomic E-state index is 0.172. The third-order valence-corrected chi connectivity index (χ3v) is 4.37. The van der Waals surface area contributed by atoms with Gasteiger partial charge in [-0.2, -0.15) is 0 Å². The molecule has 3 rings (SSSR count). The lowest BCUT2D eigenvalue weighted by molar-refractivity contribution is 0.102. The molecule has 0 spiro atoms. The van der Waals surface area contributed by atoms with E-state index >= 15 is 0 Å². The number of carbonyl (C=O) groups is 1. The van der Waals surface area contributed by atoms with E-state index in [1.807, 2.05) is 45.0 Å². The number of hydrogen-bond acceptors (Lipinski definition) is 6. The Kier molecular flexibility index (Phi) is 5.60. The van der Waals surface area contributed by atoms with Gasteiger partial charge in [0.15, 0.2) is 0 Å². The summed E-state index contributed by atoms with van der Waals surface area (Å²) < 4.78 is 0. The molecule has 0 saturated carbocycles. The van der Waals surface area contributed by atoms with Crippen LogP contribution in [0.2, 0.25) is 0 Å². The minimum atomic E-state index is -0.248. The fourth-order valence-electron chi connectivity index (χ4n) is 2.90. The van der Waals surface area contributed by atoms with Gasteiger partial charge in [0, 0.05) is 49.3 Å². The number of nitrogens with one attached hydrogen (secondary N) is 2. The van der Waals surface area contributed by atoms with Gasteiger partial charge in [-0.3, -0.25) is 4.79 Å². The van der Waals surface area contributed by atoms with Crippen LogP contribution in [0.25, 0.3) is 0 Å². The highest BCUT2D eigenvalue weighted by atomic mass is 16.1. The molecule has 1 aromatic carbocycles. The van der Waals surface area contributed by atoms with Crippen LogP contribution in [-0.4, -0.2) is 59.5 Å². The maximum absolute atomic E-state index is 12.5. The third kappa shape index (κ3) is 5.40. The van der Waals surface area contributed by atoms with Gasteiger partial charge in [-0.25, -0.2) is 9.97 Å². The maximum Gasteiger partial charge on any atom is 0.274 e. The van der Waals surface area contributed by atoms with Gasteiger partial charge in [0.2, 0.25) is 5.95 Å². The molecule has 0 unspecified atom stereocenters. The zero-order valence-electron chi connectivity index (χ0n) is 16.5. The van der Waals surface area contributed by atoms with Gasteiger partial charge in [-0.1, -0.05) is 0 Å². The van der Waals surface area contributed by atoms with Gasteiger partial charge in [-0.05, 0) is 58.2 Å². The summed E-state index contributed by atoms with van der Waals surface area (Å²) in [5.41, 5.74) is 2.09. The van der Waals surface area contributed by atoms with Gasteiger partial charge < -0.3 is 20.4 Å². The van der Waals surface area contributed by atoms with E-state index in [0.29, 0.717) is 11.6 Å². The van der Waals surface area contributed by atoms with Crippen LogP contribution < -0.4 is 15.5 Å². The van der Waals surface area contributed by atoms with Crippen molar-refractivity contribution in [3.8, 4) is 0 Å². The Morgan fingerprint density at radius 2 is 1.70 bits per heavy atom. The van der Waals surface area contributed by atoms with E-state index in [2.05, 4.69) is 37.4 Å². The van der Waals surface area contributed by atoms with Crippen molar-refractivity contribution >= 4 is 23.2 Å². The lowest BCUT2D eigenvalue weighted by Crippen LogP contribution is -2.44. The molecule has 1 saturated heterocycles. The Bertz CT molecular complexity index is 776. The maximum atomic E-state index is 12.5. The normalized spacial score (nSPS) is 15.5. The Balaban J connectivity index is 1.63. The van der Waals surface area contributed by atoms with Crippen molar-refractivity contribution in [1.29, 1.82) is 0 Å². The summed E-state index contributed by atoms with van der Waals surface area (Å²) in [4.78, 5) is 25.7. The molecule has 2 aromatic rings. The predicted molar refractivity (Wildman–Crippen MR) is 110 cm³/mol. The lowest BCUT2D eigenvalue weighted by atomic mass is 10.1. The number of carbonyl (C=O) groups excluding carboxylic acids is 1. The number of amides is 1. The van der Waals surface area contributed by atoms with Gasteiger partial charge in [0.25, 0.3) is 5.91 Å². The van der Waals surface area contributed by atoms with E-state index in [1.165, 1.54) is 5.69 Å². The highest BCUT2D eigenvalue weighted by Crippen LogP contribution is 2.20. The monoisotopic (exact) mass is 368 g/mol. The van der Waals surface area contributed by atoms with E-state index < -0.39 is 0 Å². The molecule has 144 valence electrons. The summed E-state index contributed by atoms with van der Waals surface area (Å²) in [6.45, 7) is 10.2. The molecule has 2 heterocycles. The van der Waals surface area contributed by atoms with Gasteiger partial charge in [0.1, 0.15) is 5.69 Å². The molecule has 1 amide bonds. The average Bonchev–Trinajstić information content (AvgIpc) is 2.62. The van der Waals surface area contributed by atoms with Crippen LogP contribution in [0, 0.1) is 0 Å². The molecule has 2 N–H and O–H groups in total. The number of nitrogens with zero attached hydrogens (tertiary/aromatic N) is 4. The van der Waals surface area contributed by atoms with E-state index in [9.17, 15) is 4.79 Å². The van der Waals surface area contributed by atoms with Crippen molar-refractivity contribution in [1.82, 2.24) is 14.9 Å². The zero-order valence-corrected chi connectivity index (χ0v) is 16.5. The number of likely N-dealkylation sites (N-methyl/N-ethyl adjacent to an activating group) is 1. The topological polar surface area (TPSA) is 73.4 Å². The van der Waals surface area contributed by atoms with Crippen LogP contribution in [0.5, 0.6) is 0 Å². The number of rotatable bonds is 4. The van der Waals surface area contributed by atoms with Crippen molar-refractivity contribution in [3.63, 3.8) is 0 Å². The number of benzene rings is 1. The highest BCUT2D eigenvalue weighted by Gasteiger charge is 2.16. The molecule has 1 aliphatic heterocycles. The number of anilines is 3. The summed E-state index contributed by atoms with van der Waals surface area (Å²) in [5.74, 6) is 0.197. The van der Waals surface area contributed by atoms with E-state index in [4.69, 9.17) is 0 Å². The van der Waals surface area contributed by atoms with E-state index in [-0.39, 0.29) is 11.4 Å². The summed E-state index contributed by atoms with van der Waals surface area (Å²) >= 11 is 0. The molecule has 7 heteroatoms. The standard InChI is InChI=1S/C20H28N6O/c1-20(2,3)24-19-21-10-9-17(23-19)18(27)22-15-5-7-16(8-6-15)26-13-11-25(4)12-14-26/h5-10H,11-14H2,1-4H3,(H,22,27)(H,21,23,24). The van der Waals surface area contributed by atoms with Crippen LogP contribution in [0.15, 0.2) is 36.5 Å². The summed E-state index contributed by atoms with van der Waals surface area (Å²) in [5, 5.41) is 6.08. The second-order valence-electron chi connectivity index (χ2n) is 7.93. The lowest BCUT2D eigenvalue weighted by Gasteiger charge is -2.34. The largest absolute Gasteiger partial charge is 0.369 e. The molecule has 0 aliphatic carbocycles. The first-order valence-electron chi connectivity index (χ1n) is 9.26. The first kappa shape index (κ1) is 19.1. The van der Waals surface area contributed by atoms with Gasteiger partial charge in [0.05, 0.1) is 0 Å². The van der Waals surface area contributed by atoms with Crippen LogP contribution in [0.4, 0.5) is 17.3 Å².